The monoisotopic (exact) mass is 306 g/mol. The van der Waals surface area contributed by atoms with Crippen LogP contribution in [0.25, 0.3) is 21.0 Å². The highest BCUT2D eigenvalue weighted by molar-refractivity contribution is 7.17. The molecule has 0 atom stereocenters. The van der Waals surface area contributed by atoms with Crippen molar-refractivity contribution in [3.63, 3.8) is 0 Å². The summed E-state index contributed by atoms with van der Waals surface area (Å²) in [4.78, 5) is 4.47. The van der Waals surface area contributed by atoms with Gasteiger partial charge >= 0.3 is 0 Å². The van der Waals surface area contributed by atoms with Crippen LogP contribution in [0, 0.1) is 6.92 Å². The summed E-state index contributed by atoms with van der Waals surface area (Å²) in [7, 11) is 0. The maximum atomic E-state index is 9.72. The Morgan fingerprint density at radius 2 is 1.95 bits per heavy atom. The van der Waals surface area contributed by atoms with E-state index in [0.717, 1.165) is 27.8 Å². The van der Waals surface area contributed by atoms with E-state index in [0.29, 0.717) is 0 Å². The first-order valence-corrected chi connectivity index (χ1v) is 7.92. The van der Waals surface area contributed by atoms with Gasteiger partial charge in [0.1, 0.15) is 5.75 Å². The molecule has 108 valence electrons. The molecule has 0 unspecified atom stereocenters. The lowest BCUT2D eigenvalue weighted by atomic mass is 10.1. The second-order valence-corrected chi connectivity index (χ2v) is 6.22. The summed E-state index contributed by atoms with van der Waals surface area (Å²) in [5, 5.41) is 17.6. The van der Waals surface area contributed by atoms with Crippen LogP contribution in [0.15, 0.2) is 54.0 Å². The number of pyridine rings is 1. The number of aromatic hydroxyl groups is 1. The highest BCUT2D eigenvalue weighted by Crippen LogP contribution is 2.35. The molecule has 3 nitrogen and oxygen atoms in total. The van der Waals surface area contributed by atoms with Crippen molar-refractivity contribution in [2.45, 2.75) is 6.92 Å². The van der Waals surface area contributed by atoms with E-state index in [2.05, 4.69) is 33.9 Å². The minimum absolute atomic E-state index is 0.257. The number of fused-ring (bicyclic) bond motifs is 3. The summed E-state index contributed by atoms with van der Waals surface area (Å²) >= 11 is 1.73. The molecule has 2 aromatic carbocycles. The van der Waals surface area contributed by atoms with Crippen LogP contribution in [0.3, 0.4) is 0 Å². The van der Waals surface area contributed by atoms with E-state index in [9.17, 15) is 5.11 Å². The summed E-state index contributed by atoms with van der Waals surface area (Å²) in [6.45, 7) is 2.02. The second kappa shape index (κ2) is 5.00. The van der Waals surface area contributed by atoms with Crippen molar-refractivity contribution in [3.05, 3.63) is 59.6 Å². The first kappa shape index (κ1) is 13.1. The standard InChI is InChI=1S/C18H14N2OS/c1-11-2-3-12(21)10-16(11)20-15-6-8-19-14-4-5-17-13(18(14)15)7-9-22-17/h2-10,21H,1H3,(H,19,20). The van der Waals surface area contributed by atoms with Gasteiger partial charge in [0.05, 0.1) is 11.2 Å². The lowest BCUT2D eigenvalue weighted by Crippen LogP contribution is -1.95. The molecule has 0 fully saturated rings. The van der Waals surface area contributed by atoms with E-state index in [4.69, 9.17) is 0 Å². The smallest absolute Gasteiger partial charge is 0.117 e. The molecule has 22 heavy (non-hydrogen) atoms. The molecule has 4 heteroatoms. The SMILES string of the molecule is Cc1ccc(O)cc1Nc1ccnc2ccc3sccc3c12. The number of phenolic OH excluding ortho intramolecular Hbond substituents is 1. The molecule has 0 aliphatic rings. The van der Waals surface area contributed by atoms with Gasteiger partial charge in [-0.15, -0.1) is 11.3 Å². The fraction of sp³-hybridized carbons (Fsp3) is 0.0556. The van der Waals surface area contributed by atoms with Gasteiger partial charge in [0.15, 0.2) is 0 Å². The highest BCUT2D eigenvalue weighted by atomic mass is 32.1. The summed E-state index contributed by atoms with van der Waals surface area (Å²) in [6, 6.07) is 13.6. The Labute approximate surface area is 131 Å². The molecule has 2 N–H and O–H groups in total. The Balaban J connectivity index is 1.94. The predicted octanol–water partition coefficient (Wildman–Crippen LogP) is 5.21. The molecule has 0 aliphatic carbocycles. The number of aryl methyl sites for hydroxylation is 1. The quantitative estimate of drug-likeness (QED) is 0.534. The Bertz CT molecular complexity index is 991. The Kier molecular flexibility index (Phi) is 2.98. The molecule has 4 aromatic rings. The maximum absolute atomic E-state index is 9.72. The minimum atomic E-state index is 0.257. The van der Waals surface area contributed by atoms with Crippen LogP contribution >= 0.6 is 11.3 Å². The molecule has 4 rings (SSSR count). The van der Waals surface area contributed by atoms with E-state index < -0.39 is 0 Å². The number of thiophene rings is 1. The largest absolute Gasteiger partial charge is 0.508 e. The lowest BCUT2D eigenvalue weighted by molar-refractivity contribution is 0.475. The van der Waals surface area contributed by atoms with E-state index in [1.165, 1.54) is 10.1 Å². The van der Waals surface area contributed by atoms with Crippen LogP contribution in [-0.4, -0.2) is 10.1 Å². The summed E-state index contributed by atoms with van der Waals surface area (Å²) in [6.07, 6.45) is 1.81. The van der Waals surface area contributed by atoms with Crippen LogP contribution in [0.1, 0.15) is 5.56 Å². The number of aromatic nitrogens is 1. The molecular formula is C18H14N2OS. The molecule has 2 aromatic heterocycles. The van der Waals surface area contributed by atoms with Crippen molar-refractivity contribution in [1.82, 2.24) is 4.98 Å². The van der Waals surface area contributed by atoms with Crippen molar-refractivity contribution in [2.75, 3.05) is 5.32 Å². The fourth-order valence-electron chi connectivity index (χ4n) is 2.69. The zero-order valence-electron chi connectivity index (χ0n) is 12.0. The predicted molar refractivity (Wildman–Crippen MR) is 93.3 cm³/mol. The lowest BCUT2D eigenvalue weighted by Gasteiger charge is -2.13. The zero-order valence-corrected chi connectivity index (χ0v) is 12.8. The van der Waals surface area contributed by atoms with Crippen molar-refractivity contribution < 1.29 is 5.11 Å². The fourth-order valence-corrected chi connectivity index (χ4v) is 3.49. The molecule has 2 heterocycles. The molecule has 0 spiro atoms. The van der Waals surface area contributed by atoms with Crippen LogP contribution in [-0.2, 0) is 0 Å². The summed E-state index contributed by atoms with van der Waals surface area (Å²) in [5.74, 6) is 0.257. The highest BCUT2D eigenvalue weighted by Gasteiger charge is 2.09. The third-order valence-corrected chi connectivity index (χ3v) is 4.71. The minimum Gasteiger partial charge on any atom is -0.508 e. The Morgan fingerprint density at radius 3 is 2.86 bits per heavy atom. The molecule has 0 radical (unpaired) electrons. The number of phenols is 1. The Morgan fingerprint density at radius 1 is 1.05 bits per heavy atom. The van der Waals surface area contributed by atoms with Crippen LogP contribution in [0.2, 0.25) is 0 Å². The van der Waals surface area contributed by atoms with Crippen molar-refractivity contribution in [3.8, 4) is 5.75 Å². The summed E-state index contributed by atoms with van der Waals surface area (Å²) in [5.41, 5.74) is 3.95. The third-order valence-electron chi connectivity index (χ3n) is 3.83. The van der Waals surface area contributed by atoms with Gasteiger partial charge in [0.2, 0.25) is 0 Å². The number of anilines is 2. The van der Waals surface area contributed by atoms with Gasteiger partial charge in [-0.3, -0.25) is 4.98 Å². The van der Waals surface area contributed by atoms with Gasteiger partial charge in [-0.2, -0.15) is 0 Å². The maximum Gasteiger partial charge on any atom is 0.117 e. The van der Waals surface area contributed by atoms with Crippen molar-refractivity contribution >= 4 is 43.7 Å². The average Bonchev–Trinajstić information content (AvgIpc) is 2.99. The zero-order chi connectivity index (χ0) is 15.1. The molecule has 0 aliphatic heterocycles. The number of hydrogen-bond donors (Lipinski definition) is 2. The molecule has 0 saturated carbocycles. The number of nitrogens with zero attached hydrogens (tertiary/aromatic N) is 1. The van der Waals surface area contributed by atoms with Crippen molar-refractivity contribution in [2.24, 2.45) is 0 Å². The molecule has 0 bridgehead atoms. The number of hydrogen-bond acceptors (Lipinski definition) is 4. The molecule has 0 saturated heterocycles. The van der Waals surface area contributed by atoms with E-state index >= 15 is 0 Å². The first-order chi connectivity index (χ1) is 10.7. The van der Waals surface area contributed by atoms with Crippen molar-refractivity contribution in [1.29, 1.82) is 0 Å². The molecular weight excluding hydrogens is 292 g/mol. The van der Waals surface area contributed by atoms with Crippen LogP contribution < -0.4 is 5.32 Å². The van der Waals surface area contributed by atoms with Gasteiger partial charge in [0, 0.05) is 33.4 Å². The van der Waals surface area contributed by atoms with Crippen LogP contribution in [0.5, 0.6) is 5.75 Å². The third kappa shape index (κ3) is 2.09. The van der Waals surface area contributed by atoms with E-state index in [-0.39, 0.29) is 5.75 Å². The normalized spacial score (nSPS) is 11.1. The average molecular weight is 306 g/mol. The van der Waals surface area contributed by atoms with Gasteiger partial charge in [-0.25, -0.2) is 0 Å². The number of rotatable bonds is 2. The van der Waals surface area contributed by atoms with Crippen LogP contribution in [0.4, 0.5) is 11.4 Å². The topological polar surface area (TPSA) is 45.1 Å². The van der Waals surface area contributed by atoms with Gasteiger partial charge in [0.25, 0.3) is 0 Å². The molecule has 0 amide bonds. The van der Waals surface area contributed by atoms with E-state index in [1.807, 2.05) is 19.1 Å². The van der Waals surface area contributed by atoms with E-state index in [1.54, 1.807) is 29.7 Å². The van der Waals surface area contributed by atoms with Gasteiger partial charge in [-0.05, 0) is 48.2 Å². The first-order valence-electron chi connectivity index (χ1n) is 7.04. The van der Waals surface area contributed by atoms with Gasteiger partial charge in [-0.1, -0.05) is 6.07 Å². The Hall–Kier alpha value is -2.59. The van der Waals surface area contributed by atoms with Gasteiger partial charge < -0.3 is 10.4 Å². The number of benzene rings is 2. The number of nitrogens with one attached hydrogen (secondary N) is 1. The summed E-state index contributed by atoms with van der Waals surface area (Å²) < 4.78 is 1.25. The second-order valence-electron chi connectivity index (χ2n) is 5.27.